The van der Waals surface area contributed by atoms with E-state index in [4.69, 9.17) is 5.73 Å². The molecule has 0 fully saturated rings. The topological polar surface area (TPSA) is 134 Å². The Bertz CT molecular complexity index is 1310. The number of nitrogens with zero attached hydrogens (tertiary/aromatic N) is 7. The Morgan fingerprint density at radius 1 is 1.18 bits per heavy atom. The van der Waals surface area contributed by atoms with Crippen molar-refractivity contribution in [2.75, 3.05) is 11.5 Å². The lowest BCUT2D eigenvalue weighted by atomic mass is 10.3. The summed E-state index contributed by atoms with van der Waals surface area (Å²) in [6.07, 6.45) is 3.15. The van der Waals surface area contributed by atoms with Gasteiger partial charge in [-0.2, -0.15) is 0 Å². The van der Waals surface area contributed by atoms with Gasteiger partial charge in [-0.25, -0.2) is 33.0 Å². The van der Waals surface area contributed by atoms with E-state index in [1.165, 1.54) is 17.1 Å². The first-order valence-corrected chi connectivity index (χ1v) is 10.2. The molecule has 0 amide bonds. The van der Waals surface area contributed by atoms with Crippen LogP contribution in [0.5, 0.6) is 0 Å². The van der Waals surface area contributed by atoms with E-state index in [1.807, 2.05) is 13.0 Å². The Hall–Kier alpha value is -3.34. The lowest BCUT2D eigenvalue weighted by Gasteiger charge is -2.10. The standard InChI is InChI=1S/C17H18N8O2S/c1-4-28(26,27)12-5-6-13(25-9-20-17(18)23-25)22-14(12)16-21-11-7-10(2)8-19-15(11)24(16)3/h5-9H,4H2,1-3H3,(H2,18,23). The van der Waals surface area contributed by atoms with Gasteiger partial charge in [-0.3, -0.25) is 0 Å². The van der Waals surface area contributed by atoms with Crippen LogP contribution in [0.2, 0.25) is 0 Å². The van der Waals surface area contributed by atoms with Crippen molar-refractivity contribution in [3.05, 3.63) is 36.3 Å². The molecule has 0 saturated carbocycles. The van der Waals surface area contributed by atoms with Crippen LogP contribution in [-0.2, 0) is 16.9 Å². The van der Waals surface area contributed by atoms with Gasteiger partial charge in [-0.1, -0.05) is 6.92 Å². The second-order valence-electron chi connectivity index (χ2n) is 6.32. The van der Waals surface area contributed by atoms with Crippen molar-refractivity contribution in [1.82, 2.24) is 34.3 Å². The lowest BCUT2D eigenvalue weighted by Crippen LogP contribution is -2.11. The smallest absolute Gasteiger partial charge is 0.239 e. The normalized spacial score (nSPS) is 12.0. The number of hydrogen-bond acceptors (Lipinski definition) is 8. The van der Waals surface area contributed by atoms with E-state index >= 15 is 0 Å². The first-order chi connectivity index (χ1) is 13.3. The Kier molecular flexibility index (Phi) is 4.11. The number of nitrogen functional groups attached to an aromatic ring is 1. The van der Waals surface area contributed by atoms with E-state index < -0.39 is 9.84 Å². The fraction of sp³-hybridized carbons (Fsp3) is 0.235. The second kappa shape index (κ2) is 6.37. The number of sulfone groups is 1. The summed E-state index contributed by atoms with van der Waals surface area (Å²) in [5.74, 6) is 0.815. The predicted molar refractivity (Wildman–Crippen MR) is 104 cm³/mol. The predicted octanol–water partition coefficient (Wildman–Crippen LogP) is 1.30. The number of aryl methyl sites for hydroxylation is 2. The maximum absolute atomic E-state index is 12.7. The fourth-order valence-electron chi connectivity index (χ4n) is 2.91. The molecule has 0 aliphatic heterocycles. The van der Waals surface area contributed by atoms with Crippen LogP contribution in [0.1, 0.15) is 12.5 Å². The zero-order valence-corrected chi connectivity index (χ0v) is 16.3. The molecule has 0 saturated heterocycles. The van der Waals surface area contributed by atoms with Crippen molar-refractivity contribution in [3.63, 3.8) is 0 Å². The summed E-state index contributed by atoms with van der Waals surface area (Å²) in [5.41, 5.74) is 8.07. The van der Waals surface area contributed by atoms with Crippen molar-refractivity contribution < 1.29 is 8.42 Å². The van der Waals surface area contributed by atoms with E-state index in [0.29, 0.717) is 22.8 Å². The second-order valence-corrected chi connectivity index (χ2v) is 8.56. The summed E-state index contributed by atoms with van der Waals surface area (Å²) in [6.45, 7) is 3.51. The average molecular weight is 398 g/mol. The molecule has 144 valence electrons. The molecule has 10 nitrogen and oxygen atoms in total. The average Bonchev–Trinajstić information content (AvgIpc) is 3.24. The molecular weight excluding hydrogens is 380 g/mol. The number of anilines is 1. The minimum absolute atomic E-state index is 0.0569. The van der Waals surface area contributed by atoms with Crippen LogP contribution in [0.4, 0.5) is 5.95 Å². The highest BCUT2D eigenvalue weighted by molar-refractivity contribution is 7.91. The molecule has 0 atom stereocenters. The number of rotatable bonds is 4. The molecule has 0 spiro atoms. The van der Waals surface area contributed by atoms with Crippen molar-refractivity contribution in [1.29, 1.82) is 0 Å². The van der Waals surface area contributed by atoms with Gasteiger partial charge < -0.3 is 10.3 Å². The van der Waals surface area contributed by atoms with Gasteiger partial charge in [0, 0.05) is 13.2 Å². The highest BCUT2D eigenvalue weighted by Gasteiger charge is 2.24. The summed E-state index contributed by atoms with van der Waals surface area (Å²) in [6, 6.07) is 4.96. The molecule has 0 aliphatic rings. The molecule has 4 heterocycles. The number of imidazole rings is 1. The van der Waals surface area contributed by atoms with E-state index in [9.17, 15) is 8.42 Å². The molecule has 0 aliphatic carbocycles. The Labute approximate surface area is 161 Å². The SMILES string of the molecule is CCS(=O)(=O)c1ccc(-n2cnc(N)n2)nc1-c1nc2cc(C)cnc2n1C. The Balaban J connectivity index is 2.01. The number of hydrogen-bond donors (Lipinski definition) is 1. The van der Waals surface area contributed by atoms with Crippen LogP contribution in [-0.4, -0.2) is 48.5 Å². The fourth-order valence-corrected chi connectivity index (χ4v) is 3.92. The van der Waals surface area contributed by atoms with Crippen LogP contribution >= 0.6 is 0 Å². The van der Waals surface area contributed by atoms with Crippen molar-refractivity contribution in [3.8, 4) is 17.3 Å². The monoisotopic (exact) mass is 398 g/mol. The third-order valence-corrected chi connectivity index (χ3v) is 6.12. The third-order valence-electron chi connectivity index (χ3n) is 4.36. The summed E-state index contributed by atoms with van der Waals surface area (Å²) >= 11 is 0. The molecule has 4 aromatic heterocycles. The van der Waals surface area contributed by atoms with E-state index in [-0.39, 0.29) is 22.3 Å². The molecule has 2 N–H and O–H groups in total. The Morgan fingerprint density at radius 2 is 1.96 bits per heavy atom. The minimum atomic E-state index is -3.54. The van der Waals surface area contributed by atoms with Gasteiger partial charge in [0.1, 0.15) is 17.5 Å². The van der Waals surface area contributed by atoms with Gasteiger partial charge in [0.2, 0.25) is 5.95 Å². The van der Waals surface area contributed by atoms with Gasteiger partial charge in [0.25, 0.3) is 0 Å². The molecule has 0 bridgehead atoms. The number of pyridine rings is 2. The van der Waals surface area contributed by atoms with Gasteiger partial charge in [0.15, 0.2) is 27.1 Å². The molecular formula is C17H18N8O2S. The summed E-state index contributed by atoms with van der Waals surface area (Å²) in [7, 11) is -1.76. The Morgan fingerprint density at radius 3 is 2.64 bits per heavy atom. The largest absolute Gasteiger partial charge is 0.366 e. The zero-order chi connectivity index (χ0) is 20.1. The number of fused-ring (bicyclic) bond motifs is 1. The molecule has 28 heavy (non-hydrogen) atoms. The molecule has 0 unspecified atom stereocenters. The van der Waals surface area contributed by atoms with Crippen LogP contribution < -0.4 is 5.73 Å². The lowest BCUT2D eigenvalue weighted by molar-refractivity contribution is 0.597. The van der Waals surface area contributed by atoms with Crippen LogP contribution in [0.15, 0.2) is 35.6 Å². The van der Waals surface area contributed by atoms with Crippen molar-refractivity contribution >= 4 is 26.9 Å². The van der Waals surface area contributed by atoms with E-state index in [1.54, 1.807) is 30.8 Å². The highest BCUT2D eigenvalue weighted by atomic mass is 32.2. The maximum Gasteiger partial charge on any atom is 0.239 e. The maximum atomic E-state index is 12.7. The summed E-state index contributed by atoms with van der Waals surface area (Å²) in [4.78, 5) is 17.5. The van der Waals surface area contributed by atoms with Crippen LogP contribution in [0.25, 0.3) is 28.5 Å². The highest BCUT2D eigenvalue weighted by Crippen LogP contribution is 2.29. The van der Waals surface area contributed by atoms with Gasteiger partial charge in [0.05, 0.1) is 10.6 Å². The molecule has 4 aromatic rings. The minimum Gasteiger partial charge on any atom is -0.366 e. The first kappa shape index (κ1) is 18.0. The van der Waals surface area contributed by atoms with E-state index in [2.05, 4.69) is 25.0 Å². The number of nitrogens with two attached hydrogens (primary N) is 1. The van der Waals surface area contributed by atoms with Crippen molar-refractivity contribution in [2.45, 2.75) is 18.7 Å². The number of aromatic nitrogens is 7. The summed E-state index contributed by atoms with van der Waals surface area (Å²) < 4.78 is 28.5. The molecule has 0 radical (unpaired) electrons. The first-order valence-electron chi connectivity index (χ1n) is 8.51. The summed E-state index contributed by atoms with van der Waals surface area (Å²) in [5, 5.41) is 4.04. The zero-order valence-electron chi connectivity index (χ0n) is 15.5. The van der Waals surface area contributed by atoms with Gasteiger partial charge in [-0.05, 0) is 30.7 Å². The van der Waals surface area contributed by atoms with Crippen LogP contribution in [0.3, 0.4) is 0 Å². The van der Waals surface area contributed by atoms with E-state index in [0.717, 1.165) is 5.56 Å². The molecule has 11 heteroatoms. The molecule has 4 rings (SSSR count). The van der Waals surface area contributed by atoms with Crippen LogP contribution in [0, 0.1) is 6.92 Å². The van der Waals surface area contributed by atoms with Gasteiger partial charge in [-0.15, -0.1) is 5.10 Å². The quantitative estimate of drug-likeness (QED) is 0.543. The van der Waals surface area contributed by atoms with Crippen molar-refractivity contribution in [2.24, 2.45) is 7.05 Å². The molecule has 0 aromatic carbocycles. The van der Waals surface area contributed by atoms with Gasteiger partial charge >= 0.3 is 0 Å². The third kappa shape index (κ3) is 2.89.